The van der Waals surface area contributed by atoms with Crippen LogP contribution in [0.15, 0.2) is 54.9 Å². The molecule has 0 radical (unpaired) electrons. The fourth-order valence-electron chi connectivity index (χ4n) is 2.56. The predicted molar refractivity (Wildman–Crippen MR) is 91.6 cm³/mol. The number of benzene rings is 2. The van der Waals surface area contributed by atoms with E-state index in [9.17, 15) is 9.18 Å². The summed E-state index contributed by atoms with van der Waals surface area (Å²) in [5.74, 6) is -0.422. The van der Waals surface area contributed by atoms with Crippen LogP contribution in [0, 0.1) is 19.7 Å². The Kier molecular flexibility index (Phi) is 4.42. The van der Waals surface area contributed by atoms with Crippen LogP contribution in [0.1, 0.15) is 27.0 Å². The van der Waals surface area contributed by atoms with Gasteiger partial charge in [0.1, 0.15) is 5.82 Å². The van der Waals surface area contributed by atoms with Gasteiger partial charge in [-0.25, -0.2) is 4.39 Å². The van der Waals surface area contributed by atoms with Crippen molar-refractivity contribution >= 4 is 11.6 Å². The number of anilines is 1. The minimum atomic E-state index is -0.263. The van der Waals surface area contributed by atoms with Crippen molar-refractivity contribution in [2.24, 2.45) is 0 Å². The number of rotatable bonds is 4. The van der Waals surface area contributed by atoms with Gasteiger partial charge in [0.15, 0.2) is 0 Å². The zero-order chi connectivity index (χ0) is 17.1. The average molecular weight is 323 g/mol. The topological polar surface area (TPSA) is 46.9 Å². The van der Waals surface area contributed by atoms with E-state index in [1.807, 2.05) is 32.0 Å². The van der Waals surface area contributed by atoms with Crippen LogP contribution in [-0.4, -0.2) is 15.7 Å². The molecular formula is C19H18FN3O. The smallest absolute Gasteiger partial charge is 0.256 e. The average Bonchev–Trinajstić information content (AvgIpc) is 2.96. The maximum Gasteiger partial charge on any atom is 0.256 e. The lowest BCUT2D eigenvalue weighted by Crippen LogP contribution is -2.13. The van der Waals surface area contributed by atoms with E-state index in [-0.39, 0.29) is 11.7 Å². The number of amides is 1. The highest BCUT2D eigenvalue weighted by Gasteiger charge is 2.10. The number of nitrogens with zero attached hydrogens (tertiary/aromatic N) is 2. The molecule has 2 aromatic carbocycles. The third-order valence-corrected chi connectivity index (χ3v) is 3.78. The maximum absolute atomic E-state index is 12.9. The Morgan fingerprint density at radius 3 is 2.62 bits per heavy atom. The number of aromatic nitrogens is 2. The summed E-state index contributed by atoms with van der Waals surface area (Å²) in [4.78, 5) is 12.4. The number of carbonyl (C=O) groups is 1. The van der Waals surface area contributed by atoms with Crippen LogP contribution in [-0.2, 0) is 6.54 Å². The van der Waals surface area contributed by atoms with E-state index in [1.54, 1.807) is 29.2 Å². The molecule has 5 heteroatoms. The standard InChI is InChI=1S/C19H18FN3O/c1-13-3-8-18(14(2)9-13)19(24)22-17-10-21-23(12-17)11-15-4-6-16(20)7-5-15/h3-10,12H,11H2,1-2H3,(H,22,24). The summed E-state index contributed by atoms with van der Waals surface area (Å²) in [5.41, 5.74) is 4.27. The van der Waals surface area contributed by atoms with E-state index in [0.29, 0.717) is 17.8 Å². The number of hydrogen-bond donors (Lipinski definition) is 1. The third-order valence-electron chi connectivity index (χ3n) is 3.78. The van der Waals surface area contributed by atoms with E-state index in [2.05, 4.69) is 10.4 Å². The quantitative estimate of drug-likeness (QED) is 0.790. The lowest BCUT2D eigenvalue weighted by Gasteiger charge is -2.06. The van der Waals surface area contributed by atoms with Crippen LogP contribution in [0.3, 0.4) is 0 Å². The minimum Gasteiger partial charge on any atom is -0.319 e. The number of halogens is 1. The molecule has 1 aromatic heterocycles. The summed E-state index contributed by atoms with van der Waals surface area (Å²) in [5, 5.41) is 7.08. The first-order valence-corrected chi connectivity index (χ1v) is 7.67. The molecule has 3 rings (SSSR count). The molecule has 0 aliphatic carbocycles. The third kappa shape index (κ3) is 3.68. The second-order valence-electron chi connectivity index (χ2n) is 5.83. The van der Waals surface area contributed by atoms with Crippen molar-refractivity contribution in [2.75, 3.05) is 5.32 Å². The fourth-order valence-corrected chi connectivity index (χ4v) is 2.56. The van der Waals surface area contributed by atoms with Gasteiger partial charge < -0.3 is 5.32 Å². The molecule has 0 saturated carbocycles. The number of aryl methyl sites for hydroxylation is 2. The first kappa shape index (κ1) is 15.9. The molecule has 0 fully saturated rings. The highest BCUT2D eigenvalue weighted by Crippen LogP contribution is 2.14. The van der Waals surface area contributed by atoms with Crippen molar-refractivity contribution in [1.82, 2.24) is 9.78 Å². The van der Waals surface area contributed by atoms with Gasteiger partial charge in [0.25, 0.3) is 5.91 Å². The lowest BCUT2D eigenvalue weighted by atomic mass is 10.1. The van der Waals surface area contributed by atoms with Gasteiger partial charge in [-0.15, -0.1) is 0 Å². The van der Waals surface area contributed by atoms with Gasteiger partial charge >= 0.3 is 0 Å². The molecule has 24 heavy (non-hydrogen) atoms. The van der Waals surface area contributed by atoms with Crippen LogP contribution < -0.4 is 5.32 Å². The van der Waals surface area contributed by atoms with Crippen molar-refractivity contribution in [1.29, 1.82) is 0 Å². The summed E-state index contributed by atoms with van der Waals surface area (Å²) in [7, 11) is 0. The van der Waals surface area contributed by atoms with Crippen molar-refractivity contribution in [3.8, 4) is 0 Å². The SMILES string of the molecule is Cc1ccc(C(=O)Nc2cnn(Cc3ccc(F)cc3)c2)c(C)c1. The van der Waals surface area contributed by atoms with Gasteiger partial charge in [0, 0.05) is 11.8 Å². The lowest BCUT2D eigenvalue weighted by molar-refractivity contribution is 0.102. The first-order chi connectivity index (χ1) is 11.5. The van der Waals surface area contributed by atoms with Crippen LogP contribution in [0.25, 0.3) is 0 Å². The van der Waals surface area contributed by atoms with Crippen molar-refractivity contribution in [2.45, 2.75) is 20.4 Å². The van der Waals surface area contributed by atoms with E-state index in [0.717, 1.165) is 16.7 Å². The molecule has 0 bridgehead atoms. The van der Waals surface area contributed by atoms with Gasteiger partial charge in [-0.05, 0) is 43.2 Å². The van der Waals surface area contributed by atoms with Crippen LogP contribution >= 0.6 is 0 Å². The Balaban J connectivity index is 1.69. The van der Waals surface area contributed by atoms with E-state index in [1.165, 1.54) is 12.1 Å². The van der Waals surface area contributed by atoms with Gasteiger partial charge in [-0.1, -0.05) is 29.8 Å². The van der Waals surface area contributed by atoms with E-state index < -0.39 is 0 Å². The molecule has 0 spiro atoms. The molecule has 0 aliphatic rings. The van der Waals surface area contributed by atoms with Crippen LogP contribution in [0.2, 0.25) is 0 Å². The second kappa shape index (κ2) is 6.66. The summed E-state index contributed by atoms with van der Waals surface area (Å²) in [6.07, 6.45) is 3.36. The molecule has 1 amide bonds. The molecular weight excluding hydrogens is 305 g/mol. The molecule has 3 aromatic rings. The summed E-state index contributed by atoms with van der Waals surface area (Å²) in [6.45, 7) is 4.42. The highest BCUT2D eigenvalue weighted by atomic mass is 19.1. The summed E-state index contributed by atoms with van der Waals surface area (Å²) < 4.78 is 14.6. The van der Waals surface area contributed by atoms with Crippen molar-refractivity contribution in [3.05, 3.63) is 82.9 Å². The van der Waals surface area contributed by atoms with Gasteiger partial charge in [0.2, 0.25) is 0 Å². The Bertz CT molecular complexity index is 869. The van der Waals surface area contributed by atoms with Crippen molar-refractivity contribution < 1.29 is 9.18 Å². The zero-order valence-corrected chi connectivity index (χ0v) is 13.6. The molecule has 0 atom stereocenters. The largest absolute Gasteiger partial charge is 0.319 e. The molecule has 0 saturated heterocycles. The Morgan fingerprint density at radius 2 is 1.92 bits per heavy atom. The molecule has 122 valence electrons. The molecule has 1 N–H and O–H groups in total. The highest BCUT2D eigenvalue weighted by molar-refractivity contribution is 6.05. The molecule has 0 aliphatic heterocycles. The normalized spacial score (nSPS) is 10.6. The Labute approximate surface area is 139 Å². The molecule has 0 unspecified atom stereocenters. The number of nitrogens with one attached hydrogen (secondary N) is 1. The second-order valence-corrected chi connectivity index (χ2v) is 5.83. The zero-order valence-electron chi connectivity index (χ0n) is 13.6. The molecule has 4 nitrogen and oxygen atoms in total. The Hall–Kier alpha value is -2.95. The van der Waals surface area contributed by atoms with E-state index in [4.69, 9.17) is 0 Å². The van der Waals surface area contributed by atoms with Crippen LogP contribution in [0.5, 0.6) is 0 Å². The minimum absolute atomic E-state index is 0.158. The maximum atomic E-state index is 12.9. The Morgan fingerprint density at radius 1 is 1.17 bits per heavy atom. The fraction of sp³-hybridized carbons (Fsp3) is 0.158. The van der Waals surface area contributed by atoms with Gasteiger partial charge in [-0.3, -0.25) is 9.48 Å². The number of hydrogen-bond acceptors (Lipinski definition) is 2. The first-order valence-electron chi connectivity index (χ1n) is 7.67. The van der Waals surface area contributed by atoms with E-state index >= 15 is 0 Å². The summed E-state index contributed by atoms with van der Waals surface area (Å²) in [6, 6.07) is 12.0. The van der Waals surface area contributed by atoms with Gasteiger partial charge in [0.05, 0.1) is 18.4 Å². The number of carbonyl (C=O) groups excluding carboxylic acids is 1. The summed E-state index contributed by atoms with van der Waals surface area (Å²) >= 11 is 0. The molecule has 1 heterocycles. The predicted octanol–water partition coefficient (Wildman–Crippen LogP) is 3.94. The van der Waals surface area contributed by atoms with Gasteiger partial charge in [-0.2, -0.15) is 5.10 Å². The van der Waals surface area contributed by atoms with Crippen molar-refractivity contribution in [3.63, 3.8) is 0 Å². The van der Waals surface area contributed by atoms with Crippen LogP contribution in [0.4, 0.5) is 10.1 Å². The monoisotopic (exact) mass is 323 g/mol.